The van der Waals surface area contributed by atoms with Gasteiger partial charge in [0.05, 0.1) is 25.7 Å². The fourth-order valence-electron chi connectivity index (χ4n) is 2.61. The number of aliphatic carboxylic acids is 1. The first-order valence-corrected chi connectivity index (χ1v) is 7.19. The summed E-state index contributed by atoms with van der Waals surface area (Å²) >= 11 is 0. The van der Waals surface area contributed by atoms with Crippen LogP contribution in [0.5, 0.6) is 0 Å². The summed E-state index contributed by atoms with van der Waals surface area (Å²) in [6, 6.07) is 7.83. The minimum atomic E-state index is -1.44. The third-order valence-corrected chi connectivity index (χ3v) is 3.78. The van der Waals surface area contributed by atoms with Gasteiger partial charge in [-0.05, 0) is 24.5 Å². The van der Waals surface area contributed by atoms with E-state index in [9.17, 15) is 14.7 Å². The Morgan fingerprint density at radius 2 is 2.18 bits per heavy atom. The van der Waals surface area contributed by atoms with Crippen LogP contribution < -0.4 is 5.32 Å². The Bertz CT molecular complexity index is 559. The SMILES string of the molecule is COCC(C)(NC(=O)CC1OCCc2ccccc21)C(=O)O. The molecular weight excluding hydrogens is 286 g/mol. The molecule has 0 radical (unpaired) electrons. The van der Waals surface area contributed by atoms with E-state index in [0.717, 1.165) is 12.0 Å². The first-order chi connectivity index (χ1) is 10.5. The Morgan fingerprint density at radius 3 is 2.86 bits per heavy atom. The predicted octanol–water partition coefficient (Wildman–Crippen LogP) is 1.30. The summed E-state index contributed by atoms with van der Waals surface area (Å²) in [5.41, 5.74) is 0.720. The predicted molar refractivity (Wildman–Crippen MR) is 79.5 cm³/mol. The fraction of sp³-hybridized carbons (Fsp3) is 0.500. The van der Waals surface area contributed by atoms with Crippen LogP contribution in [-0.2, 0) is 25.5 Å². The van der Waals surface area contributed by atoms with Crippen LogP contribution in [0.25, 0.3) is 0 Å². The largest absolute Gasteiger partial charge is 0.479 e. The lowest BCUT2D eigenvalue weighted by molar-refractivity contribution is -0.149. The molecule has 6 nitrogen and oxygen atoms in total. The Kier molecular flexibility index (Phi) is 5.15. The summed E-state index contributed by atoms with van der Waals surface area (Å²) < 4.78 is 10.6. The van der Waals surface area contributed by atoms with E-state index in [2.05, 4.69) is 5.32 Å². The van der Waals surface area contributed by atoms with Crippen molar-refractivity contribution in [3.63, 3.8) is 0 Å². The number of carbonyl (C=O) groups excluding carboxylic acids is 1. The van der Waals surface area contributed by atoms with Gasteiger partial charge in [-0.2, -0.15) is 0 Å². The van der Waals surface area contributed by atoms with Crippen LogP contribution in [-0.4, -0.2) is 42.8 Å². The zero-order chi connectivity index (χ0) is 16.2. The maximum atomic E-state index is 12.2. The van der Waals surface area contributed by atoms with Gasteiger partial charge in [0.1, 0.15) is 0 Å². The monoisotopic (exact) mass is 307 g/mol. The highest BCUT2D eigenvalue weighted by atomic mass is 16.5. The molecule has 2 unspecified atom stereocenters. The number of nitrogens with one attached hydrogen (secondary N) is 1. The Morgan fingerprint density at radius 1 is 1.45 bits per heavy atom. The lowest BCUT2D eigenvalue weighted by atomic mass is 9.95. The topological polar surface area (TPSA) is 84.9 Å². The lowest BCUT2D eigenvalue weighted by Crippen LogP contribution is -2.55. The average molecular weight is 307 g/mol. The molecule has 2 N–H and O–H groups in total. The summed E-state index contributed by atoms with van der Waals surface area (Å²) in [4.78, 5) is 23.5. The number of ether oxygens (including phenoxy) is 2. The fourth-order valence-corrected chi connectivity index (χ4v) is 2.61. The first-order valence-electron chi connectivity index (χ1n) is 7.19. The second-order valence-electron chi connectivity index (χ2n) is 5.63. The highest BCUT2D eigenvalue weighted by Gasteiger charge is 2.36. The van der Waals surface area contributed by atoms with Gasteiger partial charge in [0, 0.05) is 7.11 Å². The zero-order valence-electron chi connectivity index (χ0n) is 12.8. The molecule has 1 aliphatic rings. The summed E-state index contributed by atoms with van der Waals surface area (Å²) in [5, 5.41) is 11.8. The summed E-state index contributed by atoms with van der Waals surface area (Å²) in [7, 11) is 1.40. The van der Waals surface area contributed by atoms with Crippen LogP contribution in [0.3, 0.4) is 0 Å². The third kappa shape index (κ3) is 3.64. The van der Waals surface area contributed by atoms with E-state index in [1.165, 1.54) is 19.6 Å². The molecule has 2 atom stereocenters. The number of carboxylic acid groups (broad SMARTS) is 1. The quantitative estimate of drug-likeness (QED) is 0.827. The number of carboxylic acids is 1. The molecule has 0 spiro atoms. The Labute approximate surface area is 129 Å². The minimum Gasteiger partial charge on any atom is -0.479 e. The maximum absolute atomic E-state index is 12.2. The van der Waals surface area contributed by atoms with Crippen molar-refractivity contribution < 1.29 is 24.2 Å². The van der Waals surface area contributed by atoms with Crippen molar-refractivity contribution in [3.05, 3.63) is 35.4 Å². The molecule has 0 fully saturated rings. The van der Waals surface area contributed by atoms with Gasteiger partial charge < -0.3 is 19.9 Å². The lowest BCUT2D eigenvalue weighted by Gasteiger charge is -2.29. The van der Waals surface area contributed by atoms with Gasteiger partial charge in [-0.25, -0.2) is 4.79 Å². The zero-order valence-corrected chi connectivity index (χ0v) is 12.8. The maximum Gasteiger partial charge on any atom is 0.331 e. The second-order valence-corrected chi connectivity index (χ2v) is 5.63. The van der Waals surface area contributed by atoms with Gasteiger partial charge in [0.15, 0.2) is 5.54 Å². The third-order valence-electron chi connectivity index (χ3n) is 3.78. The molecule has 0 aliphatic carbocycles. The van der Waals surface area contributed by atoms with Crippen molar-refractivity contribution >= 4 is 11.9 Å². The molecule has 2 rings (SSSR count). The van der Waals surface area contributed by atoms with Gasteiger partial charge in [0.25, 0.3) is 0 Å². The summed E-state index contributed by atoms with van der Waals surface area (Å²) in [6.45, 7) is 1.88. The van der Waals surface area contributed by atoms with Crippen molar-refractivity contribution in [1.29, 1.82) is 0 Å². The molecule has 6 heteroatoms. The van der Waals surface area contributed by atoms with Crippen LogP contribution in [0.15, 0.2) is 24.3 Å². The van der Waals surface area contributed by atoms with E-state index in [0.29, 0.717) is 6.61 Å². The molecule has 0 saturated carbocycles. The van der Waals surface area contributed by atoms with Crippen molar-refractivity contribution in [2.75, 3.05) is 20.3 Å². The normalized spacial score (nSPS) is 19.8. The molecule has 0 saturated heterocycles. The molecule has 0 bridgehead atoms. The van der Waals surface area contributed by atoms with E-state index in [1.54, 1.807) is 0 Å². The summed E-state index contributed by atoms with van der Waals surface area (Å²) in [5.74, 6) is -1.50. The summed E-state index contributed by atoms with van der Waals surface area (Å²) in [6.07, 6.45) is 0.569. The molecule has 1 aromatic rings. The van der Waals surface area contributed by atoms with E-state index in [1.807, 2.05) is 24.3 Å². The molecule has 1 heterocycles. The van der Waals surface area contributed by atoms with Gasteiger partial charge in [-0.15, -0.1) is 0 Å². The molecule has 0 aromatic heterocycles. The smallest absolute Gasteiger partial charge is 0.331 e. The van der Waals surface area contributed by atoms with Gasteiger partial charge in [0.2, 0.25) is 5.91 Å². The highest BCUT2D eigenvalue weighted by Crippen LogP contribution is 2.29. The van der Waals surface area contributed by atoms with Crippen molar-refractivity contribution in [1.82, 2.24) is 5.32 Å². The van der Waals surface area contributed by atoms with Crippen LogP contribution in [0, 0.1) is 0 Å². The van der Waals surface area contributed by atoms with E-state index < -0.39 is 11.5 Å². The van der Waals surface area contributed by atoms with Crippen molar-refractivity contribution in [2.24, 2.45) is 0 Å². The molecule has 1 aromatic carbocycles. The first kappa shape index (κ1) is 16.5. The number of hydrogen-bond donors (Lipinski definition) is 2. The van der Waals surface area contributed by atoms with Gasteiger partial charge in [-0.1, -0.05) is 24.3 Å². The number of methoxy groups -OCH3 is 1. The molecule has 1 amide bonds. The number of benzene rings is 1. The molecule has 120 valence electrons. The van der Waals surface area contributed by atoms with Crippen molar-refractivity contribution in [2.45, 2.75) is 31.4 Å². The van der Waals surface area contributed by atoms with E-state index in [4.69, 9.17) is 9.47 Å². The molecular formula is C16H21NO5. The van der Waals surface area contributed by atoms with Crippen LogP contribution in [0.4, 0.5) is 0 Å². The standard InChI is InChI=1S/C16H21NO5/c1-16(10-21-2,15(19)20)17-14(18)9-13-12-6-4-3-5-11(12)7-8-22-13/h3-6,13H,7-10H2,1-2H3,(H,17,18)(H,19,20). The number of amides is 1. The number of carbonyl (C=O) groups is 2. The molecule has 22 heavy (non-hydrogen) atoms. The number of rotatable bonds is 6. The Hall–Kier alpha value is -1.92. The van der Waals surface area contributed by atoms with E-state index in [-0.39, 0.29) is 25.0 Å². The molecule has 1 aliphatic heterocycles. The average Bonchev–Trinajstić information content (AvgIpc) is 2.47. The van der Waals surface area contributed by atoms with Gasteiger partial charge >= 0.3 is 5.97 Å². The number of fused-ring (bicyclic) bond motifs is 1. The highest BCUT2D eigenvalue weighted by molar-refractivity contribution is 5.87. The van der Waals surface area contributed by atoms with Gasteiger partial charge in [-0.3, -0.25) is 4.79 Å². The van der Waals surface area contributed by atoms with Crippen LogP contribution in [0.1, 0.15) is 30.6 Å². The Balaban J connectivity index is 2.05. The van der Waals surface area contributed by atoms with Crippen LogP contribution in [0.2, 0.25) is 0 Å². The second kappa shape index (κ2) is 6.89. The van der Waals surface area contributed by atoms with Crippen molar-refractivity contribution in [3.8, 4) is 0 Å². The van der Waals surface area contributed by atoms with E-state index >= 15 is 0 Å². The number of hydrogen-bond acceptors (Lipinski definition) is 4. The van der Waals surface area contributed by atoms with Crippen LogP contribution >= 0.6 is 0 Å². The minimum absolute atomic E-state index is 0.0869.